The van der Waals surface area contributed by atoms with Crippen LogP contribution in [-0.4, -0.2) is 73.7 Å². The highest BCUT2D eigenvalue weighted by molar-refractivity contribution is 8.00. The molecule has 22 heteroatoms. The number of rotatable bonds is 4. The average Bonchev–Trinajstić information content (AvgIpc) is 2.90. The Bertz CT molecular complexity index is 1490. The third kappa shape index (κ3) is 10.4. The van der Waals surface area contributed by atoms with Crippen molar-refractivity contribution < 1.29 is 51.9 Å². The van der Waals surface area contributed by atoms with Crippen LogP contribution in [0.3, 0.4) is 0 Å². The van der Waals surface area contributed by atoms with E-state index in [0.717, 1.165) is 11.1 Å². The molecule has 0 aliphatic rings. The molecule has 2 aromatic carbocycles. The summed E-state index contributed by atoms with van der Waals surface area (Å²) in [5.74, 6) is 2.35. The summed E-state index contributed by atoms with van der Waals surface area (Å²) in [5.41, 5.74) is -9.59. The quantitative estimate of drug-likeness (QED) is 0.248. The minimum atomic E-state index is -6.85. The second-order valence-corrected chi connectivity index (χ2v) is 11.1. The number of alkyl halides is 6. The summed E-state index contributed by atoms with van der Waals surface area (Å²) in [5, 5.41) is 40.0. The summed E-state index contributed by atoms with van der Waals surface area (Å²) in [6.07, 6.45) is 0. The second kappa shape index (κ2) is 13.7. The number of aromatic nitrogens is 8. The maximum absolute atomic E-state index is 11.4. The lowest BCUT2D eigenvalue weighted by atomic mass is 10.1. The van der Waals surface area contributed by atoms with E-state index in [0.29, 0.717) is 23.3 Å². The van der Waals surface area contributed by atoms with Gasteiger partial charge in [-0.2, -0.15) is 43.2 Å². The normalized spacial score (nSPS) is 11.9. The van der Waals surface area contributed by atoms with Crippen molar-refractivity contribution in [2.75, 3.05) is 0 Å². The Balaban J connectivity index is 0.000000225. The molecule has 14 nitrogen and oxygen atoms in total. The van der Waals surface area contributed by atoms with Gasteiger partial charge in [-0.3, -0.25) is 0 Å². The molecular formula is C21H18F6N8O6S2. The molecule has 0 saturated carbocycles. The van der Waals surface area contributed by atoms with Crippen molar-refractivity contribution in [2.24, 2.45) is 0 Å². The van der Waals surface area contributed by atoms with Crippen molar-refractivity contribution in [1.82, 2.24) is 40.8 Å². The zero-order valence-corrected chi connectivity index (χ0v) is 23.4. The maximum Gasteiger partial charge on any atom is 0.524 e. The predicted octanol–water partition coefficient (Wildman–Crippen LogP) is 3.20. The van der Waals surface area contributed by atoms with Crippen LogP contribution in [0.5, 0.6) is 5.75 Å². The number of phenols is 1. The first-order valence-corrected chi connectivity index (χ1v) is 13.8. The predicted molar refractivity (Wildman–Crippen MR) is 133 cm³/mol. The van der Waals surface area contributed by atoms with Crippen LogP contribution in [0.1, 0.15) is 17.2 Å². The minimum absolute atomic E-state index is 0.210. The Morgan fingerprint density at radius 1 is 0.558 bits per heavy atom. The lowest BCUT2D eigenvalue weighted by molar-refractivity contribution is -0.0585. The summed E-state index contributed by atoms with van der Waals surface area (Å²) in [6.45, 7) is 5.52. The van der Waals surface area contributed by atoms with Gasteiger partial charge in [-0.15, -0.1) is 44.4 Å². The SMILES string of the molecule is Cc1ccc(-c2nnc(C)nn2)cc1.Cc1nnc(-c2ccc(O)cc2)nn1.O=S(=O)(OS(=O)(=O)C(F)(F)F)C(F)(F)F. The van der Waals surface area contributed by atoms with E-state index in [1.165, 1.54) is 5.56 Å². The third-order valence-corrected chi connectivity index (χ3v) is 6.91. The van der Waals surface area contributed by atoms with Gasteiger partial charge in [0.2, 0.25) is 11.6 Å². The van der Waals surface area contributed by atoms with Crippen LogP contribution >= 0.6 is 0 Å². The highest BCUT2D eigenvalue weighted by Crippen LogP contribution is 2.32. The molecule has 0 amide bonds. The molecule has 0 saturated heterocycles. The van der Waals surface area contributed by atoms with Crippen LogP contribution in [-0.2, 0) is 23.9 Å². The van der Waals surface area contributed by atoms with Gasteiger partial charge >= 0.3 is 31.3 Å². The fraction of sp³-hybridized carbons (Fsp3) is 0.238. The van der Waals surface area contributed by atoms with Gasteiger partial charge in [0.15, 0.2) is 11.6 Å². The average molecular weight is 657 g/mol. The molecular weight excluding hydrogens is 638 g/mol. The van der Waals surface area contributed by atoms with Gasteiger partial charge in [-0.1, -0.05) is 29.8 Å². The molecule has 0 aliphatic heterocycles. The largest absolute Gasteiger partial charge is 0.524 e. The molecule has 232 valence electrons. The highest BCUT2D eigenvalue weighted by Gasteiger charge is 2.57. The smallest absolute Gasteiger partial charge is 0.508 e. The lowest BCUT2D eigenvalue weighted by Crippen LogP contribution is -2.34. The summed E-state index contributed by atoms with van der Waals surface area (Å²) in [7, 11) is -13.7. The fourth-order valence-corrected chi connectivity index (χ4v) is 3.86. The molecule has 2 aromatic heterocycles. The number of phenolic OH excluding ortho intramolecular Hbond substituents is 1. The molecule has 0 atom stereocenters. The van der Waals surface area contributed by atoms with E-state index in [1.54, 1.807) is 38.1 Å². The van der Waals surface area contributed by atoms with Gasteiger partial charge in [0.1, 0.15) is 5.75 Å². The Morgan fingerprint density at radius 2 is 0.860 bits per heavy atom. The topological polar surface area (TPSA) is 201 Å². The minimum Gasteiger partial charge on any atom is -0.508 e. The van der Waals surface area contributed by atoms with Crippen LogP contribution in [0.15, 0.2) is 48.5 Å². The number of aryl methyl sites for hydroxylation is 3. The van der Waals surface area contributed by atoms with E-state index in [2.05, 4.69) is 40.8 Å². The van der Waals surface area contributed by atoms with E-state index in [1.807, 2.05) is 34.8 Å². The summed E-state index contributed by atoms with van der Waals surface area (Å²) in [6, 6.07) is 14.5. The molecule has 0 unspecified atom stereocenters. The third-order valence-electron chi connectivity index (χ3n) is 4.34. The maximum atomic E-state index is 11.4. The lowest BCUT2D eigenvalue weighted by Gasteiger charge is -2.09. The number of halogens is 6. The summed E-state index contributed by atoms with van der Waals surface area (Å²) < 4.78 is 110. The van der Waals surface area contributed by atoms with Gasteiger partial charge in [0.05, 0.1) is 0 Å². The zero-order valence-electron chi connectivity index (χ0n) is 21.8. The van der Waals surface area contributed by atoms with Crippen molar-refractivity contribution in [2.45, 2.75) is 31.8 Å². The van der Waals surface area contributed by atoms with Crippen LogP contribution in [0.2, 0.25) is 0 Å². The number of benzene rings is 2. The van der Waals surface area contributed by atoms with E-state index in [4.69, 9.17) is 5.11 Å². The van der Waals surface area contributed by atoms with Crippen molar-refractivity contribution in [3.63, 3.8) is 0 Å². The summed E-state index contributed by atoms with van der Waals surface area (Å²) >= 11 is 0. The first-order chi connectivity index (χ1) is 19.7. The van der Waals surface area contributed by atoms with Crippen LogP contribution in [0.25, 0.3) is 22.8 Å². The Morgan fingerprint density at radius 3 is 1.16 bits per heavy atom. The molecule has 4 aromatic rings. The molecule has 1 N–H and O–H groups in total. The highest BCUT2D eigenvalue weighted by atomic mass is 32.3. The van der Waals surface area contributed by atoms with E-state index >= 15 is 0 Å². The van der Waals surface area contributed by atoms with Crippen molar-refractivity contribution in [1.29, 1.82) is 0 Å². The molecule has 0 aliphatic carbocycles. The first kappa shape index (κ1) is 34.8. The monoisotopic (exact) mass is 656 g/mol. The molecule has 2 heterocycles. The standard InChI is InChI=1S/C10H10N4.C9H8N4O.C2F6O5S2/c1-7-3-5-9(6-4-7)10-13-11-8(2)12-14-10;1-6-10-12-9(13-11-6)7-2-4-8(14)5-3-7;3-1(4,5)14(9,10)13-15(11,12)2(6,7)8/h3-6H,1-2H3;2-5,14H,1H3;. The van der Waals surface area contributed by atoms with Gasteiger partial charge < -0.3 is 5.11 Å². The van der Waals surface area contributed by atoms with Gasteiger partial charge in [-0.25, -0.2) is 0 Å². The van der Waals surface area contributed by atoms with Crippen LogP contribution in [0.4, 0.5) is 26.3 Å². The molecule has 0 fully saturated rings. The van der Waals surface area contributed by atoms with Gasteiger partial charge in [0.25, 0.3) is 0 Å². The van der Waals surface area contributed by atoms with Crippen molar-refractivity contribution in [3.8, 4) is 28.5 Å². The van der Waals surface area contributed by atoms with Crippen molar-refractivity contribution in [3.05, 3.63) is 65.7 Å². The Kier molecular flexibility index (Phi) is 11.1. The molecule has 43 heavy (non-hydrogen) atoms. The fourth-order valence-electron chi connectivity index (χ4n) is 2.30. The molecule has 0 bridgehead atoms. The Hall–Kier alpha value is -4.44. The number of hydrogen-bond acceptors (Lipinski definition) is 14. The van der Waals surface area contributed by atoms with Crippen LogP contribution in [0, 0.1) is 20.8 Å². The van der Waals surface area contributed by atoms with E-state index in [-0.39, 0.29) is 5.75 Å². The molecule has 4 rings (SSSR count). The van der Waals surface area contributed by atoms with Crippen LogP contribution < -0.4 is 0 Å². The first-order valence-electron chi connectivity index (χ1n) is 11.0. The second-order valence-electron chi connectivity index (χ2n) is 7.82. The Labute approximate surface area is 239 Å². The van der Waals surface area contributed by atoms with E-state index in [9.17, 15) is 43.2 Å². The summed E-state index contributed by atoms with van der Waals surface area (Å²) in [4.78, 5) is 0. The number of nitrogens with zero attached hydrogens (tertiary/aromatic N) is 8. The van der Waals surface area contributed by atoms with Gasteiger partial charge in [-0.05, 0) is 45.0 Å². The zero-order chi connectivity index (χ0) is 32.6. The van der Waals surface area contributed by atoms with Gasteiger partial charge in [0, 0.05) is 11.1 Å². The molecule has 0 spiro atoms. The number of aromatic hydroxyl groups is 1. The van der Waals surface area contributed by atoms with E-state index < -0.39 is 31.3 Å². The van der Waals surface area contributed by atoms with Crippen molar-refractivity contribution >= 4 is 20.2 Å². The number of hydrogen-bond donors (Lipinski definition) is 1. The molecule has 0 radical (unpaired) electrons.